The number of ether oxygens (including phenoxy) is 1. The van der Waals surface area contributed by atoms with E-state index in [1.165, 1.54) is 5.56 Å². The van der Waals surface area contributed by atoms with Crippen molar-refractivity contribution >= 4 is 133 Å². The van der Waals surface area contributed by atoms with Gasteiger partial charge in [0.1, 0.15) is 6.10 Å². The summed E-state index contributed by atoms with van der Waals surface area (Å²) >= 11 is 55.9. The molecule has 4 aliphatic rings. The molecule has 12 nitrogen and oxygen atoms in total. The molecule has 0 radical (unpaired) electrons. The number of hydrogen-bond acceptors (Lipinski definition) is 10. The lowest BCUT2D eigenvalue weighted by molar-refractivity contribution is 0.100. The first-order chi connectivity index (χ1) is 46.4. The van der Waals surface area contributed by atoms with E-state index in [2.05, 4.69) is 57.7 Å². The van der Waals surface area contributed by atoms with Gasteiger partial charge in [-0.05, 0) is 137 Å². The molecular weight excluding hydrogens is 1390 g/mol. The predicted molar refractivity (Wildman–Crippen MR) is 395 cm³/mol. The van der Waals surface area contributed by atoms with E-state index in [-0.39, 0.29) is 24.2 Å². The highest BCUT2D eigenvalue weighted by molar-refractivity contribution is 6.38. The molecule has 0 aromatic heterocycles. The summed E-state index contributed by atoms with van der Waals surface area (Å²) in [6.07, 6.45) is -1.09. The minimum absolute atomic E-state index is 0.0291. The first-order valence-corrected chi connectivity index (χ1v) is 34.3. The third-order valence-corrected chi connectivity index (χ3v) is 19.3. The zero-order valence-electron chi connectivity index (χ0n) is 51.8. The lowest BCUT2D eigenvalue weighted by Crippen LogP contribution is -2.49. The maximum Gasteiger partial charge on any atom is 0.187 e. The molecule has 3 N–H and O–H groups in total. The van der Waals surface area contributed by atoms with Crippen LogP contribution in [0.2, 0.25) is 45.2 Å². The summed E-state index contributed by atoms with van der Waals surface area (Å²) in [6.45, 7) is 23.3. The van der Waals surface area contributed by atoms with Crippen molar-refractivity contribution in [2.24, 2.45) is 0 Å². The Morgan fingerprint density at radius 3 is 1.23 bits per heavy atom. The van der Waals surface area contributed by atoms with Gasteiger partial charge in [0, 0.05) is 102 Å². The van der Waals surface area contributed by atoms with E-state index in [1.807, 2.05) is 140 Å². The van der Waals surface area contributed by atoms with Gasteiger partial charge in [0.2, 0.25) is 0 Å². The summed E-state index contributed by atoms with van der Waals surface area (Å²) < 4.78 is 5.08. The van der Waals surface area contributed by atoms with Crippen LogP contribution in [0.1, 0.15) is 75.4 Å². The molecule has 4 fully saturated rings. The minimum atomic E-state index is -0.673. The number of piperazine rings is 3. The minimum Gasteiger partial charge on any atom is -0.387 e. The summed E-state index contributed by atoms with van der Waals surface area (Å²) in [6, 6.07) is 64.7. The van der Waals surface area contributed by atoms with Gasteiger partial charge in [0.15, 0.2) is 11.4 Å². The number of aliphatic hydroxyl groups excluding tert-OH is 2. The smallest absolute Gasteiger partial charge is 0.187 e. The fraction of sp³-hybridized carbons (Fsp3) is 0.240. The number of anilines is 3. The molecule has 0 bridgehead atoms. The molecule has 9 aromatic carbocycles. The topological polar surface area (TPSA) is 114 Å². The number of nitrogens with zero attached hydrogens (tertiary/aromatic N) is 8. The molecule has 0 amide bonds. The lowest BCUT2D eigenvalue weighted by atomic mass is 10.00. The predicted octanol–water partition coefficient (Wildman–Crippen LogP) is 20.0. The zero-order chi connectivity index (χ0) is 67.8. The molecule has 21 heteroatoms. The van der Waals surface area contributed by atoms with E-state index < -0.39 is 12.2 Å². The Morgan fingerprint density at radius 2 is 0.844 bits per heavy atom. The van der Waals surface area contributed by atoms with Crippen molar-refractivity contribution in [3.05, 3.63) is 307 Å². The third-order valence-electron chi connectivity index (χ3n) is 16.9. The Morgan fingerprint density at radius 1 is 0.458 bits per heavy atom. The molecule has 0 saturated carbocycles. The van der Waals surface area contributed by atoms with Crippen LogP contribution in [0.25, 0.3) is 9.69 Å². The molecule has 0 unspecified atom stereocenters. The van der Waals surface area contributed by atoms with Crippen LogP contribution in [0, 0.1) is 24.5 Å². The van der Waals surface area contributed by atoms with Gasteiger partial charge in [-0.3, -0.25) is 9.80 Å². The summed E-state index contributed by atoms with van der Waals surface area (Å²) in [5.74, 6) is 0. The standard InChI is InChI=1S/2C25H22Cl3N3O.C16H15Cl3N2.C9H7NO/c2*1-29-21-4-2-3-18(13-21)25(32)16-30-11-12-31(23-10-9-20(27)14-22(23)28)24(15-30)17-5-7-19(26)8-6-17;17-12-3-1-11(2-4-12)16-10-20-7-8-21(16)15-6-5-13(18)9-14(15)19;10-5-7-2-1-3-8(4-7)9-6-11-9/h2*2-10,13-14,24-25,32H,11-12,15-16H2;1-6,9,16,20H,7-8,10H2;1-4,9H,6H2/t24-,25+;24-,25-;16-;9-/m0001/s1. The van der Waals surface area contributed by atoms with Crippen LogP contribution in [0.4, 0.5) is 28.4 Å². The number of epoxide rings is 1. The molecule has 0 aliphatic carbocycles. The fourth-order valence-electron chi connectivity index (χ4n) is 12.0. The van der Waals surface area contributed by atoms with E-state index in [1.54, 1.807) is 48.5 Å². The van der Waals surface area contributed by atoms with Gasteiger partial charge in [-0.1, -0.05) is 201 Å². The molecule has 492 valence electrons. The van der Waals surface area contributed by atoms with E-state index in [9.17, 15) is 10.2 Å². The summed E-state index contributed by atoms with van der Waals surface area (Å²) in [5.41, 5.74) is 10.7. The van der Waals surface area contributed by atoms with Crippen LogP contribution in [0.3, 0.4) is 0 Å². The van der Waals surface area contributed by atoms with Crippen molar-refractivity contribution in [2.45, 2.75) is 36.4 Å². The summed E-state index contributed by atoms with van der Waals surface area (Å²) in [4.78, 5) is 18.3. The Labute approximate surface area is 606 Å². The molecule has 4 aliphatic heterocycles. The Bertz CT molecular complexity index is 4040. The van der Waals surface area contributed by atoms with Gasteiger partial charge in [-0.25, -0.2) is 9.69 Å². The maximum absolute atomic E-state index is 10.8. The number of aliphatic hydroxyl groups is 2. The van der Waals surface area contributed by atoms with Crippen LogP contribution in [0.5, 0.6) is 0 Å². The van der Waals surface area contributed by atoms with E-state index in [0.29, 0.717) is 83.3 Å². The largest absolute Gasteiger partial charge is 0.387 e. The second kappa shape index (κ2) is 34.6. The van der Waals surface area contributed by atoms with Crippen molar-refractivity contribution in [1.82, 2.24) is 15.1 Å². The monoisotopic (exact) mass is 1460 g/mol. The van der Waals surface area contributed by atoms with E-state index in [0.717, 1.165) is 102 Å². The Balaban J connectivity index is 0.000000147. The molecule has 96 heavy (non-hydrogen) atoms. The number of rotatable bonds is 13. The lowest BCUT2D eigenvalue weighted by Gasteiger charge is -2.44. The van der Waals surface area contributed by atoms with Crippen molar-refractivity contribution in [3.63, 3.8) is 0 Å². The molecule has 9 aromatic rings. The van der Waals surface area contributed by atoms with Crippen LogP contribution < -0.4 is 20.0 Å². The molecule has 13 rings (SSSR count). The summed E-state index contributed by atoms with van der Waals surface area (Å²) in [5, 5.41) is 39.6. The van der Waals surface area contributed by atoms with Gasteiger partial charge in [-0.2, -0.15) is 5.26 Å². The van der Waals surface area contributed by atoms with Crippen LogP contribution >= 0.6 is 104 Å². The zero-order valence-corrected chi connectivity index (χ0v) is 58.6. The number of benzene rings is 9. The van der Waals surface area contributed by atoms with Gasteiger partial charge < -0.3 is 35.0 Å². The Kier molecular flexibility index (Phi) is 26.0. The summed E-state index contributed by atoms with van der Waals surface area (Å²) in [7, 11) is 0. The number of β-amino-alcohol motifs (C(OH)–C–C–N with tert-alkyl or cyclic N) is 2. The second-order valence-electron chi connectivity index (χ2n) is 23.3. The van der Waals surface area contributed by atoms with Crippen LogP contribution in [-0.4, -0.2) is 98.6 Å². The molecule has 4 saturated heterocycles. The molecule has 0 spiro atoms. The average Bonchev–Trinajstić information content (AvgIpc) is 1.27. The quantitative estimate of drug-likeness (QED) is 0.0762. The van der Waals surface area contributed by atoms with Gasteiger partial charge >= 0.3 is 0 Å². The fourth-order valence-corrected chi connectivity index (χ4v) is 13.9. The van der Waals surface area contributed by atoms with Crippen LogP contribution in [0.15, 0.2) is 200 Å². The van der Waals surface area contributed by atoms with Crippen molar-refractivity contribution in [1.29, 1.82) is 5.26 Å². The van der Waals surface area contributed by atoms with Crippen molar-refractivity contribution in [3.8, 4) is 6.07 Å². The highest BCUT2D eigenvalue weighted by Gasteiger charge is 2.33. The SMILES string of the molecule is Clc1ccc([C@@H]2CNCCN2c2ccc(Cl)cc2Cl)cc1.N#Cc1cccc([C@H]2CO2)c1.[C-]#[N+]c1cccc([C@@H](O)CN2CCN(c3ccc(Cl)cc3Cl)[C@H](c3ccc(Cl)cc3)C2)c1.[C-]#[N+]c1cccc([C@H](O)CN2CCN(c3ccc(Cl)cc3Cl)[C@H](c3ccc(Cl)cc3)C2)c1. The van der Waals surface area contributed by atoms with Crippen LogP contribution in [-0.2, 0) is 4.74 Å². The first kappa shape index (κ1) is 72.0. The Hall–Kier alpha value is -6.78. The van der Waals surface area contributed by atoms with Gasteiger partial charge in [0.25, 0.3) is 0 Å². The maximum atomic E-state index is 10.8. The highest BCUT2D eigenvalue weighted by atomic mass is 35.5. The van der Waals surface area contributed by atoms with E-state index >= 15 is 0 Å². The number of hydrogen-bond donors (Lipinski definition) is 3. The second-order valence-corrected chi connectivity index (χ2v) is 27.1. The molecular formula is C75H66Cl9N9O3. The van der Waals surface area contributed by atoms with Crippen molar-refractivity contribution < 1.29 is 14.9 Å². The number of nitriles is 1. The van der Waals surface area contributed by atoms with Gasteiger partial charge in [-0.15, -0.1) is 0 Å². The molecule has 6 atom stereocenters. The normalized spacial score (nSPS) is 18.3. The number of halogens is 9. The van der Waals surface area contributed by atoms with Gasteiger partial charge in [0.05, 0.1) is 93.8 Å². The highest BCUT2D eigenvalue weighted by Crippen LogP contribution is 2.41. The molecule has 4 heterocycles. The average molecular weight is 1460 g/mol. The third kappa shape index (κ3) is 19.5. The van der Waals surface area contributed by atoms with E-state index in [4.69, 9.17) is 128 Å². The first-order valence-electron chi connectivity index (χ1n) is 30.9. The van der Waals surface area contributed by atoms with Crippen molar-refractivity contribution in [2.75, 3.05) is 93.3 Å². The number of nitrogens with one attached hydrogen (secondary N) is 1.